The molecular formula is C17H18FN3O3S. The van der Waals surface area contributed by atoms with Crippen molar-refractivity contribution in [1.82, 2.24) is 5.32 Å². The molecule has 0 fully saturated rings. The van der Waals surface area contributed by atoms with E-state index < -0.39 is 23.9 Å². The Morgan fingerprint density at radius 3 is 2.52 bits per heavy atom. The number of thioether (sulfide) groups is 1. The van der Waals surface area contributed by atoms with E-state index in [4.69, 9.17) is 5.11 Å². The van der Waals surface area contributed by atoms with Gasteiger partial charge in [-0.3, -0.25) is 4.79 Å². The van der Waals surface area contributed by atoms with Crippen molar-refractivity contribution in [2.45, 2.75) is 17.9 Å². The fourth-order valence-corrected chi connectivity index (χ4v) is 2.67. The lowest BCUT2D eigenvalue weighted by atomic mass is 10.2. The normalized spacial score (nSPS) is 11.5. The standard InChI is InChI=1S/C17H18FN3O3S/c1-10(19-17(23)24)16(22)21-12-8-7-11(18)9-14(12)20-13-5-3-4-6-15(13)25-2/h3-10,19-20H,1-2H3,(H,21,22)(H,23,24). The minimum absolute atomic E-state index is 0.348. The summed E-state index contributed by atoms with van der Waals surface area (Å²) >= 11 is 1.53. The monoisotopic (exact) mass is 363 g/mol. The Labute approximate surface area is 148 Å². The van der Waals surface area contributed by atoms with Gasteiger partial charge in [0, 0.05) is 4.90 Å². The number of rotatable bonds is 6. The summed E-state index contributed by atoms with van der Waals surface area (Å²) in [5.74, 6) is -1.01. The second-order valence-corrected chi connectivity index (χ2v) is 6.02. The number of para-hydroxylation sites is 1. The molecule has 25 heavy (non-hydrogen) atoms. The van der Waals surface area contributed by atoms with Crippen LogP contribution in [0.5, 0.6) is 0 Å². The van der Waals surface area contributed by atoms with Gasteiger partial charge in [0.2, 0.25) is 5.91 Å². The van der Waals surface area contributed by atoms with E-state index in [1.165, 1.54) is 36.9 Å². The van der Waals surface area contributed by atoms with Crippen molar-refractivity contribution in [3.05, 3.63) is 48.3 Å². The molecule has 1 unspecified atom stereocenters. The van der Waals surface area contributed by atoms with Gasteiger partial charge in [-0.25, -0.2) is 9.18 Å². The van der Waals surface area contributed by atoms with Crippen molar-refractivity contribution in [3.8, 4) is 0 Å². The molecule has 1 atom stereocenters. The molecule has 2 aromatic carbocycles. The van der Waals surface area contributed by atoms with Crippen molar-refractivity contribution >= 4 is 40.8 Å². The Bertz CT molecular complexity index is 785. The molecule has 0 saturated carbocycles. The molecule has 0 bridgehead atoms. The van der Waals surface area contributed by atoms with Gasteiger partial charge in [-0.05, 0) is 43.5 Å². The highest BCUT2D eigenvalue weighted by Crippen LogP contribution is 2.31. The van der Waals surface area contributed by atoms with Crippen molar-refractivity contribution in [1.29, 1.82) is 0 Å². The van der Waals surface area contributed by atoms with Gasteiger partial charge in [-0.15, -0.1) is 11.8 Å². The maximum Gasteiger partial charge on any atom is 0.405 e. The molecule has 0 heterocycles. The number of carbonyl (C=O) groups is 2. The van der Waals surface area contributed by atoms with Crippen LogP contribution in [0.4, 0.5) is 26.2 Å². The Balaban J connectivity index is 2.25. The Hall–Kier alpha value is -2.74. The van der Waals surface area contributed by atoms with E-state index in [1.807, 2.05) is 30.5 Å². The van der Waals surface area contributed by atoms with Crippen LogP contribution < -0.4 is 16.0 Å². The van der Waals surface area contributed by atoms with Crippen molar-refractivity contribution in [2.75, 3.05) is 16.9 Å². The minimum Gasteiger partial charge on any atom is -0.465 e. The maximum atomic E-state index is 13.7. The van der Waals surface area contributed by atoms with Crippen LogP contribution in [0.3, 0.4) is 0 Å². The van der Waals surface area contributed by atoms with E-state index in [1.54, 1.807) is 0 Å². The first-order chi connectivity index (χ1) is 11.9. The third kappa shape index (κ3) is 5.12. The van der Waals surface area contributed by atoms with Crippen molar-refractivity contribution < 1.29 is 19.1 Å². The average Bonchev–Trinajstić information content (AvgIpc) is 2.57. The number of carbonyl (C=O) groups excluding carboxylic acids is 1. The first kappa shape index (κ1) is 18.6. The molecule has 2 aromatic rings. The van der Waals surface area contributed by atoms with E-state index in [2.05, 4.69) is 16.0 Å². The molecule has 8 heteroatoms. The fraction of sp³-hybridized carbons (Fsp3) is 0.176. The summed E-state index contributed by atoms with van der Waals surface area (Å²) in [5.41, 5.74) is 1.49. The van der Waals surface area contributed by atoms with Gasteiger partial charge in [0.15, 0.2) is 0 Å². The van der Waals surface area contributed by atoms with E-state index in [0.717, 1.165) is 10.6 Å². The number of amides is 2. The second kappa shape index (κ2) is 8.39. The van der Waals surface area contributed by atoms with Gasteiger partial charge < -0.3 is 21.1 Å². The molecule has 0 radical (unpaired) electrons. The summed E-state index contributed by atoms with van der Waals surface area (Å²) < 4.78 is 13.7. The highest BCUT2D eigenvalue weighted by molar-refractivity contribution is 7.98. The highest BCUT2D eigenvalue weighted by atomic mass is 32.2. The molecule has 0 spiro atoms. The molecule has 6 nitrogen and oxygen atoms in total. The number of carboxylic acid groups (broad SMARTS) is 1. The molecule has 4 N–H and O–H groups in total. The molecular weight excluding hydrogens is 345 g/mol. The second-order valence-electron chi connectivity index (χ2n) is 5.18. The number of benzene rings is 2. The summed E-state index contributed by atoms with van der Waals surface area (Å²) in [6.07, 6.45) is 0.627. The van der Waals surface area contributed by atoms with Gasteiger partial charge in [0.05, 0.1) is 17.1 Å². The lowest BCUT2D eigenvalue weighted by Crippen LogP contribution is -2.40. The molecule has 0 aliphatic rings. The smallest absolute Gasteiger partial charge is 0.405 e. The zero-order chi connectivity index (χ0) is 18.4. The van der Waals surface area contributed by atoms with Crippen LogP contribution in [0.2, 0.25) is 0 Å². The summed E-state index contributed by atoms with van der Waals surface area (Å²) in [6.45, 7) is 1.42. The summed E-state index contributed by atoms with van der Waals surface area (Å²) in [6, 6.07) is 10.5. The third-order valence-corrected chi connectivity index (χ3v) is 4.14. The van der Waals surface area contributed by atoms with Gasteiger partial charge in [-0.1, -0.05) is 12.1 Å². The van der Waals surface area contributed by atoms with Crippen LogP contribution >= 0.6 is 11.8 Å². The maximum absolute atomic E-state index is 13.7. The quantitative estimate of drug-likeness (QED) is 0.585. The fourth-order valence-electron chi connectivity index (χ4n) is 2.11. The minimum atomic E-state index is -1.30. The Morgan fingerprint density at radius 1 is 1.12 bits per heavy atom. The van der Waals surface area contributed by atoms with Gasteiger partial charge >= 0.3 is 6.09 Å². The topological polar surface area (TPSA) is 90.5 Å². The number of nitrogens with one attached hydrogen (secondary N) is 3. The molecule has 0 aliphatic carbocycles. The largest absolute Gasteiger partial charge is 0.465 e. The van der Waals surface area contributed by atoms with E-state index in [0.29, 0.717) is 11.4 Å². The Morgan fingerprint density at radius 2 is 1.84 bits per heavy atom. The van der Waals surface area contributed by atoms with E-state index in [-0.39, 0.29) is 0 Å². The van der Waals surface area contributed by atoms with Gasteiger partial charge in [-0.2, -0.15) is 0 Å². The molecule has 0 aromatic heterocycles. The molecule has 132 valence electrons. The predicted molar refractivity (Wildman–Crippen MR) is 97.2 cm³/mol. The molecule has 2 rings (SSSR count). The van der Waals surface area contributed by atoms with Crippen LogP contribution in [-0.2, 0) is 4.79 Å². The number of hydrogen-bond acceptors (Lipinski definition) is 4. The summed E-state index contributed by atoms with van der Waals surface area (Å²) in [5, 5.41) is 16.5. The Kier molecular flexibility index (Phi) is 6.24. The lowest BCUT2D eigenvalue weighted by Gasteiger charge is -2.17. The van der Waals surface area contributed by atoms with Crippen molar-refractivity contribution in [3.63, 3.8) is 0 Å². The zero-order valence-corrected chi connectivity index (χ0v) is 14.5. The lowest BCUT2D eigenvalue weighted by molar-refractivity contribution is -0.117. The van der Waals surface area contributed by atoms with E-state index >= 15 is 0 Å². The molecule has 2 amide bonds. The summed E-state index contributed by atoms with van der Waals surface area (Å²) in [4.78, 5) is 23.7. The summed E-state index contributed by atoms with van der Waals surface area (Å²) in [7, 11) is 0. The highest BCUT2D eigenvalue weighted by Gasteiger charge is 2.17. The van der Waals surface area contributed by atoms with Crippen LogP contribution in [0, 0.1) is 5.82 Å². The third-order valence-electron chi connectivity index (χ3n) is 3.35. The van der Waals surface area contributed by atoms with Crippen molar-refractivity contribution in [2.24, 2.45) is 0 Å². The number of hydrogen-bond donors (Lipinski definition) is 4. The average molecular weight is 363 g/mol. The number of halogens is 1. The number of anilines is 3. The zero-order valence-electron chi connectivity index (χ0n) is 13.7. The predicted octanol–water partition coefficient (Wildman–Crippen LogP) is 3.89. The SMILES string of the molecule is CSc1ccccc1Nc1cc(F)ccc1NC(=O)C(C)NC(=O)O. The van der Waals surface area contributed by atoms with Crippen LogP contribution in [0.25, 0.3) is 0 Å². The first-order valence-corrected chi connectivity index (χ1v) is 8.63. The van der Waals surface area contributed by atoms with Crippen LogP contribution in [0.15, 0.2) is 47.4 Å². The molecule has 0 saturated heterocycles. The first-order valence-electron chi connectivity index (χ1n) is 7.40. The van der Waals surface area contributed by atoms with Gasteiger partial charge in [0.25, 0.3) is 0 Å². The van der Waals surface area contributed by atoms with Crippen LogP contribution in [0.1, 0.15) is 6.92 Å². The van der Waals surface area contributed by atoms with E-state index in [9.17, 15) is 14.0 Å². The van der Waals surface area contributed by atoms with Crippen LogP contribution in [-0.4, -0.2) is 29.4 Å². The molecule has 0 aliphatic heterocycles. The van der Waals surface area contributed by atoms with Gasteiger partial charge in [0.1, 0.15) is 11.9 Å².